The molecule has 0 fully saturated rings. The van der Waals surface area contributed by atoms with E-state index in [0.717, 1.165) is 12.1 Å². The third-order valence-corrected chi connectivity index (χ3v) is 2.12. The first-order chi connectivity index (χ1) is 7.88. The number of phenolic OH excluding ortho intramolecular Hbond substituents is 1. The van der Waals surface area contributed by atoms with Crippen molar-refractivity contribution in [2.24, 2.45) is 0 Å². The third kappa shape index (κ3) is 2.17. The summed E-state index contributed by atoms with van der Waals surface area (Å²) in [6, 6.07) is 3.86. The number of aromatic nitrogens is 1. The molecule has 0 saturated heterocycles. The lowest BCUT2D eigenvalue weighted by atomic mass is 10.1. The summed E-state index contributed by atoms with van der Waals surface area (Å²) in [6.45, 7) is 0. The molecule has 90 valence electrons. The van der Waals surface area contributed by atoms with E-state index in [1.807, 2.05) is 0 Å². The number of phenols is 1. The lowest BCUT2D eigenvalue weighted by Gasteiger charge is -2.08. The predicted octanol–water partition coefficient (Wildman–Crippen LogP) is 2.65. The van der Waals surface area contributed by atoms with Crippen LogP contribution in [0.5, 0.6) is 5.75 Å². The quantitative estimate of drug-likeness (QED) is 0.808. The van der Waals surface area contributed by atoms with E-state index >= 15 is 0 Å². The number of benzene rings is 1. The first-order valence-corrected chi connectivity index (χ1v) is 4.50. The summed E-state index contributed by atoms with van der Waals surface area (Å²) in [7, 11) is 0. The van der Waals surface area contributed by atoms with Gasteiger partial charge in [0, 0.05) is 6.07 Å². The van der Waals surface area contributed by atoms with Crippen LogP contribution >= 0.6 is 0 Å². The Morgan fingerprint density at radius 3 is 2.41 bits per heavy atom. The zero-order valence-electron chi connectivity index (χ0n) is 8.32. The maximum atomic E-state index is 12.3. The molecule has 0 amide bonds. The molecule has 0 unspecified atom stereocenters. The number of rotatable bonds is 1. The summed E-state index contributed by atoms with van der Waals surface area (Å²) in [5.41, 5.74) is 4.46. The van der Waals surface area contributed by atoms with Gasteiger partial charge in [-0.15, -0.1) is 0 Å². The summed E-state index contributed by atoms with van der Waals surface area (Å²) in [4.78, 5) is 0. The molecule has 17 heavy (non-hydrogen) atoms. The molecule has 0 radical (unpaired) electrons. The van der Waals surface area contributed by atoms with Crippen molar-refractivity contribution in [3.05, 3.63) is 29.8 Å². The van der Waals surface area contributed by atoms with Gasteiger partial charge in [0.25, 0.3) is 0 Å². The highest BCUT2D eigenvalue weighted by molar-refractivity contribution is 5.67. The predicted molar refractivity (Wildman–Crippen MR) is 53.0 cm³/mol. The molecule has 0 bridgehead atoms. The Labute approximate surface area is 93.4 Å². The van der Waals surface area contributed by atoms with Crippen LogP contribution in [0.4, 0.5) is 19.0 Å². The summed E-state index contributed by atoms with van der Waals surface area (Å²) >= 11 is 0. The van der Waals surface area contributed by atoms with Crippen molar-refractivity contribution in [1.82, 2.24) is 5.16 Å². The molecule has 2 aromatic rings. The monoisotopic (exact) mass is 244 g/mol. The molecule has 7 heteroatoms. The lowest BCUT2D eigenvalue weighted by Crippen LogP contribution is -2.04. The van der Waals surface area contributed by atoms with Gasteiger partial charge in [-0.1, -0.05) is 5.16 Å². The fraction of sp³-hybridized carbons (Fsp3) is 0.100. The summed E-state index contributed by atoms with van der Waals surface area (Å²) in [5, 5.41) is 12.9. The van der Waals surface area contributed by atoms with Gasteiger partial charge >= 0.3 is 6.18 Å². The smallest absolute Gasteiger partial charge is 0.416 e. The van der Waals surface area contributed by atoms with Crippen molar-refractivity contribution in [2.45, 2.75) is 6.18 Å². The standard InChI is InChI=1S/C10H7F3N2O2/c11-10(12,13)5-1-2-6(7(16)3-5)8-4-9(14)15-17-8/h1-4,16H,(H2,14,15). The summed E-state index contributed by atoms with van der Waals surface area (Å²) in [6.07, 6.45) is -4.50. The molecule has 0 spiro atoms. The van der Waals surface area contributed by atoms with Gasteiger partial charge < -0.3 is 15.4 Å². The Kier molecular flexibility index (Phi) is 2.45. The number of hydrogen-bond donors (Lipinski definition) is 2. The number of anilines is 1. The van der Waals surface area contributed by atoms with Crippen LogP contribution in [-0.2, 0) is 6.18 Å². The van der Waals surface area contributed by atoms with Gasteiger partial charge in [0.05, 0.1) is 11.1 Å². The topological polar surface area (TPSA) is 72.3 Å². The minimum atomic E-state index is -4.50. The van der Waals surface area contributed by atoms with E-state index in [9.17, 15) is 18.3 Å². The van der Waals surface area contributed by atoms with E-state index in [-0.39, 0.29) is 17.1 Å². The fourth-order valence-electron chi connectivity index (χ4n) is 1.33. The Morgan fingerprint density at radius 1 is 1.24 bits per heavy atom. The fourth-order valence-corrected chi connectivity index (χ4v) is 1.33. The zero-order valence-corrected chi connectivity index (χ0v) is 8.32. The van der Waals surface area contributed by atoms with Crippen molar-refractivity contribution in [1.29, 1.82) is 0 Å². The van der Waals surface area contributed by atoms with Crippen LogP contribution in [0.15, 0.2) is 28.8 Å². The molecular weight excluding hydrogens is 237 g/mol. The second-order valence-corrected chi connectivity index (χ2v) is 3.35. The van der Waals surface area contributed by atoms with Gasteiger partial charge in [0.15, 0.2) is 11.6 Å². The van der Waals surface area contributed by atoms with Crippen LogP contribution in [0, 0.1) is 0 Å². The van der Waals surface area contributed by atoms with Gasteiger partial charge in [-0.3, -0.25) is 0 Å². The largest absolute Gasteiger partial charge is 0.507 e. The molecule has 0 aliphatic carbocycles. The first kappa shape index (κ1) is 11.3. The van der Waals surface area contributed by atoms with Crippen LogP contribution in [0.2, 0.25) is 0 Å². The van der Waals surface area contributed by atoms with Crippen LogP contribution in [0.25, 0.3) is 11.3 Å². The highest BCUT2D eigenvalue weighted by Gasteiger charge is 2.31. The molecule has 1 heterocycles. The van der Waals surface area contributed by atoms with Crippen molar-refractivity contribution < 1.29 is 22.8 Å². The van der Waals surface area contributed by atoms with E-state index in [2.05, 4.69) is 5.16 Å². The van der Waals surface area contributed by atoms with Crippen LogP contribution < -0.4 is 5.73 Å². The zero-order chi connectivity index (χ0) is 12.6. The molecule has 0 aliphatic heterocycles. The Bertz CT molecular complexity index is 549. The maximum absolute atomic E-state index is 12.3. The second-order valence-electron chi connectivity index (χ2n) is 3.35. The van der Waals surface area contributed by atoms with Crippen molar-refractivity contribution >= 4 is 5.82 Å². The Balaban J connectivity index is 2.45. The van der Waals surface area contributed by atoms with Crippen LogP contribution in [0.3, 0.4) is 0 Å². The van der Waals surface area contributed by atoms with Crippen molar-refractivity contribution in [2.75, 3.05) is 5.73 Å². The molecule has 0 saturated carbocycles. The second kappa shape index (κ2) is 3.69. The highest BCUT2D eigenvalue weighted by atomic mass is 19.4. The molecule has 3 N–H and O–H groups in total. The molecule has 2 rings (SSSR count). The van der Waals surface area contributed by atoms with Gasteiger partial charge in [0.1, 0.15) is 5.75 Å². The van der Waals surface area contributed by atoms with Gasteiger partial charge in [-0.25, -0.2) is 0 Å². The van der Waals surface area contributed by atoms with Crippen molar-refractivity contribution in [3.63, 3.8) is 0 Å². The number of hydrogen-bond acceptors (Lipinski definition) is 4. The van der Waals surface area contributed by atoms with E-state index in [1.165, 1.54) is 6.07 Å². The Morgan fingerprint density at radius 2 is 1.94 bits per heavy atom. The van der Waals surface area contributed by atoms with E-state index in [0.29, 0.717) is 6.07 Å². The first-order valence-electron chi connectivity index (χ1n) is 4.50. The third-order valence-electron chi connectivity index (χ3n) is 2.12. The highest BCUT2D eigenvalue weighted by Crippen LogP contribution is 2.36. The van der Waals surface area contributed by atoms with Crippen LogP contribution in [-0.4, -0.2) is 10.3 Å². The summed E-state index contributed by atoms with van der Waals surface area (Å²) in [5.74, 6) is -0.357. The molecule has 4 nitrogen and oxygen atoms in total. The number of nitrogens with zero attached hydrogens (tertiary/aromatic N) is 1. The average molecular weight is 244 g/mol. The molecular formula is C10H7F3N2O2. The minimum absolute atomic E-state index is 0.0827. The lowest BCUT2D eigenvalue weighted by molar-refractivity contribution is -0.137. The molecule has 0 atom stereocenters. The Hall–Kier alpha value is -2.18. The molecule has 0 aliphatic rings. The number of alkyl halides is 3. The normalized spacial score (nSPS) is 11.7. The number of halogens is 3. The van der Waals surface area contributed by atoms with Crippen molar-refractivity contribution in [3.8, 4) is 17.1 Å². The molecule has 1 aromatic heterocycles. The van der Waals surface area contributed by atoms with Gasteiger partial charge in [-0.2, -0.15) is 13.2 Å². The maximum Gasteiger partial charge on any atom is 0.416 e. The van der Waals surface area contributed by atoms with Crippen LogP contribution in [0.1, 0.15) is 5.56 Å². The van der Waals surface area contributed by atoms with E-state index < -0.39 is 17.5 Å². The average Bonchev–Trinajstić information content (AvgIpc) is 2.63. The van der Waals surface area contributed by atoms with E-state index in [4.69, 9.17) is 10.3 Å². The summed E-state index contributed by atoms with van der Waals surface area (Å²) < 4.78 is 41.8. The van der Waals surface area contributed by atoms with Gasteiger partial charge in [-0.05, 0) is 18.2 Å². The van der Waals surface area contributed by atoms with Gasteiger partial charge in [0.2, 0.25) is 0 Å². The number of nitrogens with two attached hydrogens (primary N) is 1. The molecule has 1 aromatic carbocycles. The number of nitrogen functional groups attached to an aromatic ring is 1. The number of aromatic hydroxyl groups is 1. The minimum Gasteiger partial charge on any atom is -0.507 e. The van der Waals surface area contributed by atoms with E-state index in [1.54, 1.807) is 0 Å². The SMILES string of the molecule is Nc1cc(-c2ccc(C(F)(F)F)cc2O)on1.